The van der Waals surface area contributed by atoms with E-state index in [0.717, 1.165) is 11.3 Å². The minimum Gasteiger partial charge on any atom is -0.497 e. The second kappa shape index (κ2) is 5.94. The molecule has 106 valence electrons. The third kappa shape index (κ3) is 3.49. The maximum absolute atomic E-state index is 11.5. The zero-order valence-electron chi connectivity index (χ0n) is 11.0. The van der Waals surface area contributed by atoms with Crippen LogP contribution < -0.4 is 15.2 Å². The van der Waals surface area contributed by atoms with Gasteiger partial charge in [-0.25, -0.2) is 13.6 Å². The number of ether oxygens (including phenoxy) is 1. The predicted molar refractivity (Wildman–Crippen MR) is 78.1 cm³/mol. The first kappa shape index (κ1) is 14.4. The fourth-order valence-corrected chi connectivity index (χ4v) is 2.52. The first-order valence-corrected chi connectivity index (χ1v) is 7.54. The lowest BCUT2D eigenvalue weighted by molar-refractivity contribution is 0.414. The van der Waals surface area contributed by atoms with E-state index in [0.29, 0.717) is 12.2 Å². The van der Waals surface area contributed by atoms with Crippen molar-refractivity contribution in [3.8, 4) is 5.75 Å². The van der Waals surface area contributed by atoms with E-state index < -0.39 is 10.0 Å². The molecule has 0 aromatic heterocycles. The average molecular weight is 292 g/mol. The Kier molecular flexibility index (Phi) is 4.26. The Morgan fingerprint density at radius 1 is 1.10 bits per heavy atom. The number of benzene rings is 2. The Hall–Kier alpha value is -2.05. The summed E-state index contributed by atoms with van der Waals surface area (Å²) in [6.45, 7) is 0.497. The molecule has 0 heterocycles. The molecule has 0 fully saturated rings. The van der Waals surface area contributed by atoms with E-state index in [4.69, 9.17) is 9.88 Å². The summed E-state index contributed by atoms with van der Waals surface area (Å²) in [7, 11) is -2.12. The lowest BCUT2D eigenvalue weighted by Crippen LogP contribution is -2.14. The van der Waals surface area contributed by atoms with Gasteiger partial charge >= 0.3 is 0 Å². The molecule has 5 nitrogen and oxygen atoms in total. The molecule has 3 N–H and O–H groups in total. The van der Waals surface area contributed by atoms with Crippen LogP contribution in [0.5, 0.6) is 5.75 Å². The molecule has 0 bridgehead atoms. The van der Waals surface area contributed by atoms with E-state index in [-0.39, 0.29) is 4.90 Å². The zero-order valence-corrected chi connectivity index (χ0v) is 11.9. The molecule has 2 aromatic rings. The third-order valence-electron chi connectivity index (χ3n) is 2.84. The van der Waals surface area contributed by atoms with Gasteiger partial charge in [-0.3, -0.25) is 0 Å². The summed E-state index contributed by atoms with van der Waals surface area (Å²) in [5, 5.41) is 8.25. The minimum atomic E-state index is -3.73. The molecule has 0 saturated heterocycles. The van der Waals surface area contributed by atoms with Crippen molar-refractivity contribution in [3.05, 3.63) is 54.1 Å². The highest BCUT2D eigenvalue weighted by Gasteiger charge is 2.12. The number of methoxy groups -OCH3 is 1. The van der Waals surface area contributed by atoms with E-state index in [9.17, 15) is 8.42 Å². The maximum atomic E-state index is 11.5. The molecule has 6 heteroatoms. The summed E-state index contributed by atoms with van der Waals surface area (Å²) >= 11 is 0. The highest BCUT2D eigenvalue weighted by molar-refractivity contribution is 7.89. The molecule has 0 atom stereocenters. The van der Waals surface area contributed by atoms with Gasteiger partial charge in [-0.15, -0.1) is 0 Å². The summed E-state index contributed by atoms with van der Waals surface area (Å²) in [6.07, 6.45) is 0. The van der Waals surface area contributed by atoms with Crippen LogP contribution in [0, 0.1) is 0 Å². The largest absolute Gasteiger partial charge is 0.497 e. The zero-order chi connectivity index (χ0) is 14.6. The van der Waals surface area contributed by atoms with Gasteiger partial charge in [0.15, 0.2) is 0 Å². The number of rotatable bonds is 5. The first-order chi connectivity index (χ1) is 9.50. The van der Waals surface area contributed by atoms with Crippen molar-refractivity contribution in [1.29, 1.82) is 0 Å². The summed E-state index contributed by atoms with van der Waals surface area (Å²) < 4.78 is 28.0. The number of primary sulfonamides is 1. The first-order valence-electron chi connectivity index (χ1n) is 5.99. The fourth-order valence-electron chi connectivity index (χ4n) is 1.80. The predicted octanol–water partition coefficient (Wildman–Crippen LogP) is 1.95. The van der Waals surface area contributed by atoms with Crippen molar-refractivity contribution < 1.29 is 13.2 Å². The molecule has 20 heavy (non-hydrogen) atoms. The fraction of sp³-hybridized carbons (Fsp3) is 0.143. The van der Waals surface area contributed by atoms with Crippen LogP contribution in [0.1, 0.15) is 5.56 Å². The van der Waals surface area contributed by atoms with Crippen LogP contribution in [0.4, 0.5) is 5.69 Å². The number of sulfonamides is 1. The van der Waals surface area contributed by atoms with Gasteiger partial charge < -0.3 is 10.1 Å². The van der Waals surface area contributed by atoms with Crippen molar-refractivity contribution in [3.63, 3.8) is 0 Å². The lowest BCUT2D eigenvalue weighted by atomic mass is 10.2. The molecule has 0 aliphatic carbocycles. The highest BCUT2D eigenvalue weighted by atomic mass is 32.2. The number of nitrogens with one attached hydrogen (secondary N) is 1. The number of para-hydroxylation sites is 1. The summed E-state index contributed by atoms with van der Waals surface area (Å²) in [5.74, 6) is 0.777. The van der Waals surface area contributed by atoms with Crippen molar-refractivity contribution in [2.75, 3.05) is 12.4 Å². The molecule has 0 aliphatic heterocycles. The van der Waals surface area contributed by atoms with Crippen LogP contribution in [-0.2, 0) is 16.6 Å². The Bertz CT molecular complexity index is 682. The molecule has 0 unspecified atom stereocenters. The Morgan fingerprint density at radius 2 is 1.75 bits per heavy atom. The van der Waals surface area contributed by atoms with Gasteiger partial charge in [-0.1, -0.05) is 24.3 Å². The van der Waals surface area contributed by atoms with Gasteiger partial charge in [-0.2, -0.15) is 0 Å². The molecule has 0 saturated carbocycles. The van der Waals surface area contributed by atoms with Gasteiger partial charge in [-0.05, 0) is 29.8 Å². The van der Waals surface area contributed by atoms with Crippen LogP contribution in [-0.4, -0.2) is 15.5 Å². The van der Waals surface area contributed by atoms with Crippen LogP contribution in [0.15, 0.2) is 53.4 Å². The van der Waals surface area contributed by atoms with Crippen LogP contribution in [0.25, 0.3) is 0 Å². The van der Waals surface area contributed by atoms with Gasteiger partial charge in [0, 0.05) is 6.54 Å². The van der Waals surface area contributed by atoms with Gasteiger partial charge in [0.25, 0.3) is 0 Å². The normalized spacial score (nSPS) is 11.1. The molecule has 0 spiro atoms. The maximum Gasteiger partial charge on any atom is 0.240 e. The topological polar surface area (TPSA) is 81.4 Å². The molecule has 2 aromatic carbocycles. The molecule has 2 rings (SSSR count). The molecular formula is C14H16N2O3S. The van der Waals surface area contributed by atoms with E-state index in [1.54, 1.807) is 25.3 Å². The number of anilines is 1. The SMILES string of the molecule is COc1ccc(CNc2ccccc2S(N)(=O)=O)cc1. The quantitative estimate of drug-likeness (QED) is 0.882. The third-order valence-corrected chi connectivity index (χ3v) is 3.80. The smallest absolute Gasteiger partial charge is 0.240 e. The number of hydrogen-bond acceptors (Lipinski definition) is 4. The second-order valence-corrected chi connectivity index (χ2v) is 5.77. The standard InChI is InChI=1S/C14H16N2O3S/c1-19-12-8-6-11(7-9-12)10-16-13-4-2-3-5-14(13)20(15,17)18/h2-9,16H,10H2,1H3,(H2,15,17,18). The van der Waals surface area contributed by atoms with Gasteiger partial charge in [0.05, 0.1) is 12.8 Å². The molecule has 0 aliphatic rings. The molecular weight excluding hydrogens is 276 g/mol. The lowest BCUT2D eigenvalue weighted by Gasteiger charge is -2.10. The summed E-state index contributed by atoms with van der Waals surface area (Å²) in [6, 6.07) is 14.1. The van der Waals surface area contributed by atoms with Crippen molar-refractivity contribution >= 4 is 15.7 Å². The van der Waals surface area contributed by atoms with E-state index in [1.807, 2.05) is 24.3 Å². The van der Waals surface area contributed by atoms with E-state index in [1.165, 1.54) is 6.07 Å². The Balaban J connectivity index is 2.15. The Labute approximate surface area is 118 Å². The van der Waals surface area contributed by atoms with Gasteiger partial charge in [0.1, 0.15) is 10.6 Å². The van der Waals surface area contributed by atoms with E-state index in [2.05, 4.69) is 5.32 Å². The van der Waals surface area contributed by atoms with Crippen LogP contribution in [0.3, 0.4) is 0 Å². The van der Waals surface area contributed by atoms with Crippen LogP contribution in [0.2, 0.25) is 0 Å². The van der Waals surface area contributed by atoms with Crippen molar-refractivity contribution in [2.45, 2.75) is 11.4 Å². The minimum absolute atomic E-state index is 0.0912. The van der Waals surface area contributed by atoms with Gasteiger partial charge in [0.2, 0.25) is 10.0 Å². The monoisotopic (exact) mass is 292 g/mol. The molecule has 0 radical (unpaired) electrons. The highest BCUT2D eigenvalue weighted by Crippen LogP contribution is 2.20. The average Bonchev–Trinajstić information content (AvgIpc) is 2.45. The van der Waals surface area contributed by atoms with E-state index >= 15 is 0 Å². The molecule has 0 amide bonds. The summed E-state index contributed by atoms with van der Waals surface area (Å²) in [4.78, 5) is 0.0912. The Morgan fingerprint density at radius 3 is 2.35 bits per heavy atom. The second-order valence-electron chi connectivity index (χ2n) is 4.24. The van der Waals surface area contributed by atoms with Crippen molar-refractivity contribution in [2.24, 2.45) is 5.14 Å². The number of hydrogen-bond donors (Lipinski definition) is 2. The van der Waals surface area contributed by atoms with Crippen molar-refractivity contribution in [1.82, 2.24) is 0 Å². The summed E-state index contributed by atoms with van der Waals surface area (Å²) in [5.41, 5.74) is 1.50. The number of nitrogens with two attached hydrogens (primary N) is 1. The van der Waals surface area contributed by atoms with Crippen LogP contribution >= 0.6 is 0 Å².